The van der Waals surface area contributed by atoms with E-state index in [0.29, 0.717) is 31.9 Å². The highest BCUT2D eigenvalue weighted by atomic mass is 19.1. The zero-order valence-corrected chi connectivity index (χ0v) is 13.2. The van der Waals surface area contributed by atoms with Gasteiger partial charge in [-0.15, -0.1) is 0 Å². The van der Waals surface area contributed by atoms with Gasteiger partial charge in [-0.05, 0) is 26.0 Å². The monoisotopic (exact) mass is 315 g/mol. The molecule has 23 heavy (non-hydrogen) atoms. The number of halogens is 1. The number of aryl methyl sites for hydroxylation is 2. The Bertz CT molecular complexity index is 751. The Kier molecular flexibility index (Phi) is 4.26. The molecule has 0 spiro atoms. The third-order valence-corrected chi connectivity index (χ3v) is 3.92. The van der Waals surface area contributed by atoms with Crippen LogP contribution in [0.15, 0.2) is 18.2 Å². The molecule has 7 heteroatoms. The Balaban J connectivity index is 1.78. The fraction of sp³-hybridized carbons (Fsp3) is 0.438. The van der Waals surface area contributed by atoms with Gasteiger partial charge in [0, 0.05) is 13.1 Å². The summed E-state index contributed by atoms with van der Waals surface area (Å²) in [6.07, 6.45) is -0.0849. The molecule has 3 rings (SSSR count). The van der Waals surface area contributed by atoms with Gasteiger partial charge in [0.15, 0.2) is 0 Å². The lowest BCUT2D eigenvalue weighted by molar-refractivity contribution is 0.0269. The van der Waals surface area contributed by atoms with Crippen LogP contribution in [0.4, 0.5) is 10.1 Å². The van der Waals surface area contributed by atoms with Gasteiger partial charge < -0.3 is 9.64 Å². The zero-order chi connectivity index (χ0) is 16.4. The molecule has 120 valence electrons. The number of ether oxygens (including phenoxy) is 1. The molecule has 1 aliphatic heterocycles. The topological polar surface area (TPSA) is 67.0 Å². The largest absolute Gasteiger partial charge is 0.373 e. The third-order valence-electron chi connectivity index (χ3n) is 3.92. The average Bonchev–Trinajstić information content (AvgIpc) is 2.85. The van der Waals surface area contributed by atoms with Crippen LogP contribution in [0.3, 0.4) is 0 Å². The Morgan fingerprint density at radius 2 is 2.26 bits per heavy atom. The quantitative estimate of drug-likeness (QED) is 0.864. The van der Waals surface area contributed by atoms with Gasteiger partial charge in [-0.2, -0.15) is 10.4 Å². The molecule has 1 aromatic heterocycles. The highest BCUT2D eigenvalue weighted by Gasteiger charge is 2.24. The van der Waals surface area contributed by atoms with E-state index in [1.807, 2.05) is 29.5 Å². The molecule has 6 nitrogen and oxygen atoms in total. The van der Waals surface area contributed by atoms with Gasteiger partial charge in [0.1, 0.15) is 29.1 Å². The average molecular weight is 315 g/mol. The molecular formula is C16H18FN5O. The first-order valence-corrected chi connectivity index (χ1v) is 7.51. The fourth-order valence-electron chi connectivity index (χ4n) is 2.86. The van der Waals surface area contributed by atoms with Crippen LogP contribution >= 0.6 is 0 Å². The Morgan fingerprint density at radius 1 is 1.43 bits per heavy atom. The minimum absolute atomic E-state index is 0.0842. The van der Waals surface area contributed by atoms with Crippen molar-refractivity contribution < 1.29 is 9.13 Å². The second-order valence-electron chi connectivity index (χ2n) is 5.57. The summed E-state index contributed by atoms with van der Waals surface area (Å²) in [5.74, 6) is 1.08. The van der Waals surface area contributed by atoms with E-state index in [1.54, 1.807) is 12.1 Å². The lowest BCUT2D eigenvalue weighted by Gasteiger charge is -2.35. The maximum absolute atomic E-state index is 13.8. The van der Waals surface area contributed by atoms with Crippen molar-refractivity contribution in [2.75, 3.05) is 24.6 Å². The maximum Gasteiger partial charge on any atom is 0.147 e. The third kappa shape index (κ3) is 3.17. The first-order valence-electron chi connectivity index (χ1n) is 7.51. The van der Waals surface area contributed by atoms with Crippen LogP contribution in [0.2, 0.25) is 0 Å². The number of benzene rings is 1. The molecule has 1 saturated heterocycles. The highest BCUT2D eigenvalue weighted by molar-refractivity contribution is 5.60. The number of hydrogen-bond acceptors (Lipinski definition) is 5. The van der Waals surface area contributed by atoms with Gasteiger partial charge in [0.2, 0.25) is 0 Å². The van der Waals surface area contributed by atoms with Crippen molar-refractivity contribution in [3.8, 4) is 6.07 Å². The molecule has 0 aliphatic carbocycles. The number of nitriles is 1. The van der Waals surface area contributed by atoms with E-state index in [4.69, 9.17) is 4.74 Å². The molecule has 0 amide bonds. The highest BCUT2D eigenvalue weighted by Crippen LogP contribution is 2.24. The second-order valence-corrected chi connectivity index (χ2v) is 5.57. The van der Waals surface area contributed by atoms with E-state index in [9.17, 15) is 9.65 Å². The van der Waals surface area contributed by atoms with Crippen LogP contribution in [0.25, 0.3) is 0 Å². The molecule has 0 radical (unpaired) electrons. The van der Waals surface area contributed by atoms with E-state index in [2.05, 4.69) is 10.1 Å². The summed E-state index contributed by atoms with van der Waals surface area (Å²) in [6.45, 7) is 6.07. The van der Waals surface area contributed by atoms with Gasteiger partial charge in [0.25, 0.3) is 0 Å². The lowest BCUT2D eigenvalue weighted by Crippen LogP contribution is -2.44. The summed E-state index contributed by atoms with van der Waals surface area (Å²) in [4.78, 5) is 6.28. The molecule has 2 heterocycles. The van der Waals surface area contributed by atoms with E-state index in [-0.39, 0.29) is 11.7 Å². The maximum atomic E-state index is 13.8. The van der Waals surface area contributed by atoms with Crippen molar-refractivity contribution in [2.45, 2.75) is 26.5 Å². The van der Waals surface area contributed by atoms with E-state index >= 15 is 0 Å². The predicted octanol–water partition coefficient (Wildman–Crippen LogP) is 1.81. The number of morpholine rings is 1. The lowest BCUT2D eigenvalue weighted by atomic mass is 10.1. The first-order chi connectivity index (χ1) is 11.1. The Hall–Kier alpha value is -2.46. The first kappa shape index (κ1) is 15.4. The minimum atomic E-state index is -0.490. The van der Waals surface area contributed by atoms with Crippen molar-refractivity contribution >= 4 is 5.69 Å². The SMILES string of the molecule is Cc1nc(C)n(CC2CN(c3cccc(F)c3C#N)CCO2)n1. The van der Waals surface area contributed by atoms with Crippen molar-refractivity contribution in [1.82, 2.24) is 14.8 Å². The molecule has 1 atom stereocenters. The summed E-state index contributed by atoms with van der Waals surface area (Å²) in [5, 5.41) is 13.5. The zero-order valence-electron chi connectivity index (χ0n) is 13.2. The summed E-state index contributed by atoms with van der Waals surface area (Å²) in [6, 6.07) is 6.66. The fourth-order valence-corrected chi connectivity index (χ4v) is 2.86. The number of nitrogens with zero attached hydrogens (tertiary/aromatic N) is 5. The van der Waals surface area contributed by atoms with Crippen LogP contribution in [-0.2, 0) is 11.3 Å². The van der Waals surface area contributed by atoms with Crippen LogP contribution in [0.1, 0.15) is 17.2 Å². The van der Waals surface area contributed by atoms with E-state index < -0.39 is 5.82 Å². The molecule has 0 saturated carbocycles. The number of rotatable bonds is 3. The van der Waals surface area contributed by atoms with Crippen LogP contribution in [0.5, 0.6) is 0 Å². The molecule has 0 N–H and O–H groups in total. The van der Waals surface area contributed by atoms with Gasteiger partial charge in [-0.3, -0.25) is 0 Å². The summed E-state index contributed by atoms with van der Waals surface area (Å²) in [7, 11) is 0. The molecule has 2 aromatic rings. The molecular weight excluding hydrogens is 297 g/mol. The second kappa shape index (κ2) is 6.34. The van der Waals surface area contributed by atoms with Crippen molar-refractivity contribution in [2.24, 2.45) is 0 Å². The van der Waals surface area contributed by atoms with E-state index in [1.165, 1.54) is 6.07 Å². The number of aromatic nitrogens is 3. The Labute approximate surface area is 134 Å². The summed E-state index contributed by atoms with van der Waals surface area (Å²) in [5.41, 5.74) is 0.702. The van der Waals surface area contributed by atoms with Gasteiger partial charge >= 0.3 is 0 Å². The molecule has 0 bridgehead atoms. The van der Waals surface area contributed by atoms with Crippen LogP contribution in [0, 0.1) is 31.0 Å². The normalized spacial score (nSPS) is 18.0. The van der Waals surface area contributed by atoms with Gasteiger partial charge in [-0.25, -0.2) is 14.1 Å². The van der Waals surface area contributed by atoms with Gasteiger partial charge in [-0.1, -0.05) is 6.07 Å². The summed E-state index contributed by atoms with van der Waals surface area (Å²) < 4.78 is 21.4. The molecule has 1 aromatic carbocycles. The van der Waals surface area contributed by atoms with Crippen LogP contribution in [-0.4, -0.2) is 40.6 Å². The van der Waals surface area contributed by atoms with Crippen molar-refractivity contribution in [1.29, 1.82) is 5.26 Å². The minimum Gasteiger partial charge on any atom is -0.373 e. The smallest absolute Gasteiger partial charge is 0.147 e. The summed E-state index contributed by atoms with van der Waals surface area (Å²) >= 11 is 0. The number of hydrogen-bond donors (Lipinski definition) is 0. The molecule has 1 fully saturated rings. The standard InChI is InChI=1S/C16H18FN5O/c1-11-19-12(2)22(20-11)10-13-9-21(6-7-23-13)16-5-3-4-15(17)14(16)8-18/h3-5,13H,6-7,9-10H2,1-2H3. The molecule has 1 unspecified atom stereocenters. The van der Waals surface area contributed by atoms with Crippen LogP contribution < -0.4 is 4.90 Å². The predicted molar refractivity (Wildman–Crippen MR) is 82.6 cm³/mol. The van der Waals surface area contributed by atoms with Gasteiger partial charge in [0.05, 0.1) is 24.9 Å². The molecule has 1 aliphatic rings. The number of anilines is 1. The van der Waals surface area contributed by atoms with Crippen molar-refractivity contribution in [3.63, 3.8) is 0 Å². The van der Waals surface area contributed by atoms with E-state index in [0.717, 1.165) is 11.6 Å². The Morgan fingerprint density at radius 3 is 2.96 bits per heavy atom. The van der Waals surface area contributed by atoms with Crippen molar-refractivity contribution in [3.05, 3.63) is 41.2 Å².